The van der Waals surface area contributed by atoms with E-state index in [2.05, 4.69) is 31.2 Å². The van der Waals surface area contributed by atoms with Crippen LogP contribution in [0.3, 0.4) is 0 Å². The Labute approximate surface area is 156 Å². The number of anilines is 2. The van der Waals surface area contributed by atoms with E-state index in [1.165, 1.54) is 34.6 Å². The number of thiophene rings is 1. The molecule has 0 amide bonds. The summed E-state index contributed by atoms with van der Waals surface area (Å²) in [6, 6.07) is 2.07. The fraction of sp³-hybridized carbons (Fsp3) is 0.474. The molecule has 0 aromatic carbocycles. The molecule has 1 aliphatic heterocycles. The highest BCUT2D eigenvalue weighted by Crippen LogP contribution is 2.31. The molecule has 1 aliphatic carbocycles. The molecule has 0 saturated carbocycles. The third-order valence-electron chi connectivity index (χ3n) is 5.38. The smallest absolute Gasteiger partial charge is 0.150 e. The molecule has 4 heterocycles. The fourth-order valence-corrected chi connectivity index (χ4v) is 4.95. The summed E-state index contributed by atoms with van der Waals surface area (Å²) in [6.45, 7) is 5.88. The van der Waals surface area contributed by atoms with Gasteiger partial charge in [0, 0.05) is 37.4 Å². The van der Waals surface area contributed by atoms with Gasteiger partial charge in [-0.2, -0.15) is 0 Å². The molecule has 134 valence electrons. The second-order valence-corrected chi connectivity index (χ2v) is 7.95. The molecule has 0 atom stereocenters. The van der Waals surface area contributed by atoms with E-state index >= 15 is 0 Å². The first-order valence-corrected chi connectivity index (χ1v) is 10.2. The van der Waals surface area contributed by atoms with Crippen LogP contribution in [0.15, 0.2) is 17.8 Å². The Morgan fingerprint density at radius 3 is 2.54 bits per heavy atom. The summed E-state index contributed by atoms with van der Waals surface area (Å²) in [7, 11) is 0. The lowest BCUT2D eigenvalue weighted by Gasteiger charge is -2.37. The summed E-state index contributed by atoms with van der Waals surface area (Å²) in [5.41, 5.74) is 3.71. The van der Waals surface area contributed by atoms with Crippen molar-refractivity contribution in [2.45, 2.75) is 32.6 Å². The average Bonchev–Trinajstić information content (AvgIpc) is 3.16. The fourth-order valence-electron chi connectivity index (χ4n) is 4.09. The van der Waals surface area contributed by atoms with Gasteiger partial charge >= 0.3 is 0 Å². The van der Waals surface area contributed by atoms with Crippen LogP contribution in [0, 0.1) is 6.92 Å². The average molecular weight is 366 g/mol. The SMILES string of the molecule is Cc1nc2c(c(N3CCN(c4ncnc5ccsc45)CC3)n1)CCCC2. The Morgan fingerprint density at radius 1 is 0.923 bits per heavy atom. The second kappa shape index (κ2) is 6.46. The van der Waals surface area contributed by atoms with Crippen LogP contribution in [-0.4, -0.2) is 46.1 Å². The van der Waals surface area contributed by atoms with Crippen molar-refractivity contribution in [2.24, 2.45) is 0 Å². The van der Waals surface area contributed by atoms with Gasteiger partial charge in [0.2, 0.25) is 0 Å². The van der Waals surface area contributed by atoms with Crippen molar-refractivity contribution < 1.29 is 0 Å². The van der Waals surface area contributed by atoms with E-state index in [1.807, 2.05) is 6.92 Å². The zero-order valence-electron chi connectivity index (χ0n) is 15.0. The Kier molecular flexibility index (Phi) is 3.96. The number of hydrogen-bond acceptors (Lipinski definition) is 7. The number of aryl methyl sites for hydroxylation is 2. The number of nitrogens with zero attached hydrogens (tertiary/aromatic N) is 6. The normalized spacial score (nSPS) is 17.6. The zero-order chi connectivity index (χ0) is 17.5. The Hall–Kier alpha value is -2.28. The monoisotopic (exact) mass is 366 g/mol. The maximum atomic E-state index is 4.82. The van der Waals surface area contributed by atoms with E-state index in [4.69, 9.17) is 9.97 Å². The van der Waals surface area contributed by atoms with E-state index in [0.29, 0.717) is 0 Å². The lowest BCUT2D eigenvalue weighted by atomic mass is 9.96. The predicted octanol–water partition coefficient (Wildman–Crippen LogP) is 3.00. The second-order valence-electron chi connectivity index (χ2n) is 7.03. The summed E-state index contributed by atoms with van der Waals surface area (Å²) in [6.07, 6.45) is 6.40. The number of hydrogen-bond donors (Lipinski definition) is 0. The standard InChI is InChI=1S/C19H22N6S/c1-13-22-15-5-3-2-4-14(15)18(23-13)24-7-9-25(10-8-24)19-17-16(6-11-26-17)20-12-21-19/h6,11-12H,2-5,7-10H2,1H3. The minimum Gasteiger partial charge on any atom is -0.353 e. The van der Waals surface area contributed by atoms with Gasteiger partial charge in [0.05, 0.1) is 10.2 Å². The van der Waals surface area contributed by atoms with E-state index in [-0.39, 0.29) is 0 Å². The molecular weight excluding hydrogens is 344 g/mol. The van der Waals surface area contributed by atoms with Gasteiger partial charge in [-0.1, -0.05) is 0 Å². The van der Waals surface area contributed by atoms with Gasteiger partial charge in [0.1, 0.15) is 23.8 Å². The highest BCUT2D eigenvalue weighted by molar-refractivity contribution is 7.17. The quantitative estimate of drug-likeness (QED) is 0.695. The molecule has 2 aliphatic rings. The summed E-state index contributed by atoms with van der Waals surface area (Å²) < 4.78 is 1.19. The van der Waals surface area contributed by atoms with Crippen LogP contribution >= 0.6 is 11.3 Å². The van der Waals surface area contributed by atoms with Crippen molar-refractivity contribution in [1.29, 1.82) is 0 Å². The topological polar surface area (TPSA) is 58.0 Å². The van der Waals surface area contributed by atoms with Crippen molar-refractivity contribution in [1.82, 2.24) is 19.9 Å². The lowest BCUT2D eigenvalue weighted by molar-refractivity contribution is 0.618. The Bertz CT molecular complexity index is 944. The molecule has 0 bridgehead atoms. The zero-order valence-corrected chi connectivity index (χ0v) is 15.8. The summed E-state index contributed by atoms with van der Waals surface area (Å²) in [4.78, 5) is 23.3. The third kappa shape index (κ3) is 2.70. The van der Waals surface area contributed by atoms with Crippen LogP contribution in [0.2, 0.25) is 0 Å². The minimum atomic E-state index is 0.902. The van der Waals surface area contributed by atoms with Gasteiger partial charge in [-0.25, -0.2) is 19.9 Å². The molecule has 3 aromatic rings. The molecule has 0 spiro atoms. The number of fused-ring (bicyclic) bond motifs is 2. The van der Waals surface area contributed by atoms with E-state index in [1.54, 1.807) is 17.7 Å². The van der Waals surface area contributed by atoms with Gasteiger partial charge in [-0.05, 0) is 44.1 Å². The van der Waals surface area contributed by atoms with E-state index in [9.17, 15) is 0 Å². The van der Waals surface area contributed by atoms with Crippen molar-refractivity contribution in [2.75, 3.05) is 36.0 Å². The largest absolute Gasteiger partial charge is 0.353 e. The van der Waals surface area contributed by atoms with Gasteiger partial charge in [0.15, 0.2) is 0 Å². The predicted molar refractivity (Wildman–Crippen MR) is 105 cm³/mol. The maximum absolute atomic E-state index is 4.82. The van der Waals surface area contributed by atoms with Crippen LogP contribution < -0.4 is 9.80 Å². The minimum absolute atomic E-state index is 0.902. The lowest BCUT2D eigenvalue weighted by Crippen LogP contribution is -2.47. The van der Waals surface area contributed by atoms with Crippen LogP contribution in [0.25, 0.3) is 10.2 Å². The Morgan fingerprint density at radius 2 is 1.69 bits per heavy atom. The molecule has 1 fully saturated rings. The van der Waals surface area contributed by atoms with Gasteiger partial charge in [-0.15, -0.1) is 11.3 Å². The first kappa shape index (κ1) is 15.9. The molecular formula is C19H22N6S. The van der Waals surface area contributed by atoms with E-state index in [0.717, 1.165) is 56.2 Å². The van der Waals surface area contributed by atoms with Crippen molar-refractivity contribution in [3.8, 4) is 0 Å². The molecule has 3 aromatic heterocycles. The Balaban J connectivity index is 1.40. The summed E-state index contributed by atoms with van der Waals surface area (Å²) in [5, 5.41) is 2.09. The molecule has 1 saturated heterocycles. The van der Waals surface area contributed by atoms with Crippen LogP contribution in [-0.2, 0) is 12.8 Å². The van der Waals surface area contributed by atoms with Gasteiger partial charge in [-0.3, -0.25) is 0 Å². The molecule has 0 radical (unpaired) electrons. The molecule has 26 heavy (non-hydrogen) atoms. The van der Waals surface area contributed by atoms with Crippen LogP contribution in [0.1, 0.15) is 29.9 Å². The van der Waals surface area contributed by atoms with Crippen LogP contribution in [0.4, 0.5) is 11.6 Å². The molecule has 0 N–H and O–H groups in total. The van der Waals surface area contributed by atoms with E-state index < -0.39 is 0 Å². The van der Waals surface area contributed by atoms with Gasteiger partial charge in [0.25, 0.3) is 0 Å². The number of piperazine rings is 1. The summed E-state index contributed by atoms with van der Waals surface area (Å²) >= 11 is 1.72. The first-order valence-electron chi connectivity index (χ1n) is 9.34. The van der Waals surface area contributed by atoms with Crippen molar-refractivity contribution >= 4 is 33.2 Å². The summed E-state index contributed by atoms with van der Waals surface area (Å²) in [5.74, 6) is 3.15. The molecule has 5 rings (SSSR count). The highest BCUT2D eigenvalue weighted by atomic mass is 32.1. The number of rotatable bonds is 2. The highest BCUT2D eigenvalue weighted by Gasteiger charge is 2.25. The molecule has 6 nitrogen and oxygen atoms in total. The molecule has 7 heteroatoms. The van der Waals surface area contributed by atoms with Gasteiger partial charge < -0.3 is 9.80 Å². The van der Waals surface area contributed by atoms with Crippen LogP contribution in [0.5, 0.6) is 0 Å². The number of aromatic nitrogens is 4. The van der Waals surface area contributed by atoms with Crippen molar-refractivity contribution in [3.63, 3.8) is 0 Å². The third-order valence-corrected chi connectivity index (χ3v) is 6.28. The maximum Gasteiger partial charge on any atom is 0.150 e. The van der Waals surface area contributed by atoms with Crippen molar-refractivity contribution in [3.05, 3.63) is 34.9 Å². The first-order chi connectivity index (χ1) is 12.8. The molecule has 0 unspecified atom stereocenters.